The molecule has 0 N–H and O–H groups in total. The van der Waals surface area contributed by atoms with Crippen LogP contribution in [0.5, 0.6) is 11.5 Å². The molecule has 3 aromatic rings. The van der Waals surface area contributed by atoms with Crippen molar-refractivity contribution >= 4 is 28.7 Å². The minimum atomic E-state index is -0.0670. The maximum atomic E-state index is 12.9. The number of rotatable bonds is 5. The molecule has 6 nitrogen and oxygen atoms in total. The molecule has 7 heteroatoms. The number of aryl methyl sites for hydroxylation is 1. The summed E-state index contributed by atoms with van der Waals surface area (Å²) in [6.07, 6.45) is 1.98. The van der Waals surface area contributed by atoms with Gasteiger partial charge in [-0.3, -0.25) is 9.59 Å². The third kappa shape index (κ3) is 4.12. The number of ketones is 1. The number of aromatic nitrogens is 1. The van der Waals surface area contributed by atoms with E-state index in [1.807, 2.05) is 19.1 Å². The predicted octanol–water partition coefficient (Wildman–Crippen LogP) is 4.83. The van der Waals surface area contributed by atoms with Crippen LogP contribution in [0.1, 0.15) is 40.2 Å². The first-order chi connectivity index (χ1) is 15.6. The maximum Gasteiger partial charge on any atom is 0.227 e. The smallest absolute Gasteiger partial charge is 0.227 e. The van der Waals surface area contributed by atoms with E-state index in [0.29, 0.717) is 36.8 Å². The Bertz CT molecular complexity index is 1190. The largest absolute Gasteiger partial charge is 0.490 e. The maximum absolute atomic E-state index is 12.9. The summed E-state index contributed by atoms with van der Waals surface area (Å²) in [4.78, 5) is 32.0. The topological polar surface area (TPSA) is 68.7 Å². The number of hydrogen-bond acceptors (Lipinski definition) is 6. The second-order valence-electron chi connectivity index (χ2n) is 8.03. The number of anilines is 1. The summed E-state index contributed by atoms with van der Waals surface area (Å²) in [5.41, 5.74) is 4.68. The third-order valence-corrected chi connectivity index (χ3v) is 6.60. The lowest BCUT2D eigenvalue weighted by Crippen LogP contribution is -2.29. The number of carbonyl (C=O) groups is 2. The molecular formula is C25H24N2O4S. The molecule has 1 aromatic heterocycles. The van der Waals surface area contributed by atoms with Crippen LogP contribution in [0.3, 0.4) is 0 Å². The van der Waals surface area contributed by atoms with Gasteiger partial charge in [-0.25, -0.2) is 4.98 Å². The van der Waals surface area contributed by atoms with E-state index in [4.69, 9.17) is 9.47 Å². The number of benzene rings is 2. The van der Waals surface area contributed by atoms with E-state index in [1.54, 1.807) is 34.4 Å². The van der Waals surface area contributed by atoms with Gasteiger partial charge < -0.3 is 14.4 Å². The molecule has 0 saturated heterocycles. The van der Waals surface area contributed by atoms with Crippen LogP contribution in [0.15, 0.2) is 41.8 Å². The molecule has 0 unspecified atom stereocenters. The van der Waals surface area contributed by atoms with Gasteiger partial charge in [0.15, 0.2) is 17.3 Å². The van der Waals surface area contributed by atoms with Crippen LogP contribution < -0.4 is 14.4 Å². The summed E-state index contributed by atoms with van der Waals surface area (Å²) in [7, 11) is 0. The summed E-state index contributed by atoms with van der Waals surface area (Å²) in [6, 6.07) is 11.4. The van der Waals surface area contributed by atoms with Gasteiger partial charge in [-0.2, -0.15) is 0 Å². The normalized spacial score (nSPS) is 14.7. The van der Waals surface area contributed by atoms with Gasteiger partial charge in [-0.05, 0) is 49.2 Å². The second kappa shape index (κ2) is 8.74. The summed E-state index contributed by atoms with van der Waals surface area (Å²) in [5, 5.41) is 3.09. The quantitative estimate of drug-likeness (QED) is 0.523. The molecule has 0 bridgehead atoms. The van der Waals surface area contributed by atoms with Gasteiger partial charge in [-0.1, -0.05) is 6.07 Å². The number of hydrogen-bond donors (Lipinski definition) is 0. The zero-order valence-electron chi connectivity index (χ0n) is 17.9. The number of nitrogens with zero attached hydrogens (tertiary/aromatic N) is 2. The fraction of sp³-hybridized carbons (Fsp3) is 0.320. The summed E-state index contributed by atoms with van der Waals surface area (Å²) in [5.74, 6) is 1.17. The molecular weight excluding hydrogens is 424 g/mol. The SMILES string of the molecule is Cc1nc(-c2ccc3c(c2)CCN3C(=O)CCC(=O)c2ccc3c(c2)OCCCO3)cs1. The number of ether oxygens (including phenoxy) is 2. The lowest BCUT2D eigenvalue weighted by atomic mass is 10.0. The van der Waals surface area contributed by atoms with Crippen molar-refractivity contribution in [2.75, 3.05) is 24.7 Å². The molecule has 1 amide bonds. The number of fused-ring (bicyclic) bond motifs is 2. The lowest BCUT2D eigenvalue weighted by Gasteiger charge is -2.17. The molecule has 0 atom stereocenters. The number of amides is 1. The highest BCUT2D eigenvalue weighted by Gasteiger charge is 2.26. The van der Waals surface area contributed by atoms with Crippen LogP contribution >= 0.6 is 11.3 Å². The van der Waals surface area contributed by atoms with E-state index in [2.05, 4.69) is 16.4 Å². The first kappa shape index (κ1) is 20.7. The molecule has 2 aromatic carbocycles. The van der Waals surface area contributed by atoms with Crippen molar-refractivity contribution in [2.24, 2.45) is 0 Å². The standard InChI is InChI=1S/C25H24N2O4S/c1-16-26-20(15-32-16)17-3-5-21-18(13-17)9-10-27(21)25(29)8-6-22(28)19-4-7-23-24(14-19)31-12-2-11-30-23/h3-5,7,13-15H,2,6,8-12H2,1H3. The lowest BCUT2D eigenvalue weighted by molar-refractivity contribution is -0.118. The van der Waals surface area contributed by atoms with Crippen LogP contribution in [0.4, 0.5) is 5.69 Å². The van der Waals surface area contributed by atoms with Crippen molar-refractivity contribution in [3.05, 3.63) is 57.9 Å². The monoisotopic (exact) mass is 448 g/mol. The van der Waals surface area contributed by atoms with Gasteiger partial charge in [0.05, 0.1) is 23.9 Å². The highest BCUT2D eigenvalue weighted by molar-refractivity contribution is 7.09. The Kier molecular flexibility index (Phi) is 5.66. The van der Waals surface area contributed by atoms with Crippen molar-refractivity contribution in [3.63, 3.8) is 0 Å². The Morgan fingerprint density at radius 2 is 1.91 bits per heavy atom. The van der Waals surface area contributed by atoms with Crippen molar-refractivity contribution in [1.29, 1.82) is 0 Å². The summed E-state index contributed by atoms with van der Waals surface area (Å²) >= 11 is 1.63. The first-order valence-electron chi connectivity index (χ1n) is 10.9. The van der Waals surface area contributed by atoms with E-state index < -0.39 is 0 Å². The minimum absolute atomic E-state index is 0.0244. The van der Waals surface area contributed by atoms with Crippen LogP contribution in [0.25, 0.3) is 11.3 Å². The fourth-order valence-electron chi connectivity index (χ4n) is 4.15. The Balaban J connectivity index is 1.24. The highest BCUT2D eigenvalue weighted by atomic mass is 32.1. The molecule has 0 saturated carbocycles. The molecule has 32 heavy (non-hydrogen) atoms. The van der Waals surface area contributed by atoms with E-state index in [0.717, 1.165) is 40.4 Å². The minimum Gasteiger partial charge on any atom is -0.490 e. The van der Waals surface area contributed by atoms with Crippen molar-refractivity contribution in [1.82, 2.24) is 4.98 Å². The van der Waals surface area contributed by atoms with Crippen molar-refractivity contribution in [3.8, 4) is 22.8 Å². The Morgan fingerprint density at radius 1 is 1.06 bits per heavy atom. The Hall–Kier alpha value is -3.19. The van der Waals surface area contributed by atoms with E-state index in [1.165, 1.54) is 0 Å². The van der Waals surface area contributed by atoms with Crippen LogP contribution in [0, 0.1) is 6.92 Å². The molecule has 0 fully saturated rings. The van der Waals surface area contributed by atoms with E-state index >= 15 is 0 Å². The molecule has 0 radical (unpaired) electrons. The molecule has 3 heterocycles. The van der Waals surface area contributed by atoms with Gasteiger partial charge in [0.25, 0.3) is 0 Å². The Labute approximate surface area is 190 Å². The van der Waals surface area contributed by atoms with Gasteiger partial charge in [0, 0.05) is 48.0 Å². The van der Waals surface area contributed by atoms with Gasteiger partial charge >= 0.3 is 0 Å². The predicted molar refractivity (Wildman–Crippen MR) is 124 cm³/mol. The molecule has 5 rings (SSSR count). The summed E-state index contributed by atoms with van der Waals surface area (Å²) in [6.45, 7) is 3.82. The molecule has 0 spiro atoms. The molecule has 2 aliphatic rings. The molecule has 164 valence electrons. The second-order valence-corrected chi connectivity index (χ2v) is 9.09. The van der Waals surface area contributed by atoms with Crippen LogP contribution in [-0.4, -0.2) is 36.4 Å². The van der Waals surface area contributed by atoms with Gasteiger partial charge in [0.2, 0.25) is 5.91 Å². The van der Waals surface area contributed by atoms with E-state index in [9.17, 15) is 9.59 Å². The molecule has 2 aliphatic heterocycles. The number of Topliss-reactive ketones (excluding diaryl/α,β-unsaturated/α-hetero) is 1. The van der Waals surface area contributed by atoms with E-state index in [-0.39, 0.29) is 24.5 Å². The van der Waals surface area contributed by atoms with Crippen molar-refractivity contribution in [2.45, 2.75) is 32.6 Å². The van der Waals surface area contributed by atoms with Gasteiger partial charge in [-0.15, -0.1) is 11.3 Å². The summed E-state index contributed by atoms with van der Waals surface area (Å²) < 4.78 is 11.3. The van der Waals surface area contributed by atoms with Crippen LogP contribution in [0.2, 0.25) is 0 Å². The highest BCUT2D eigenvalue weighted by Crippen LogP contribution is 2.34. The average molecular weight is 449 g/mol. The number of carbonyl (C=O) groups excluding carboxylic acids is 2. The average Bonchev–Trinajstić information content (AvgIpc) is 3.35. The van der Waals surface area contributed by atoms with Crippen molar-refractivity contribution < 1.29 is 19.1 Å². The fourth-order valence-corrected chi connectivity index (χ4v) is 4.77. The first-order valence-corrected chi connectivity index (χ1v) is 11.7. The molecule has 0 aliphatic carbocycles. The third-order valence-electron chi connectivity index (χ3n) is 5.83. The van der Waals surface area contributed by atoms with Crippen LogP contribution in [-0.2, 0) is 11.2 Å². The number of thiazole rings is 1. The zero-order chi connectivity index (χ0) is 22.1. The van der Waals surface area contributed by atoms with Gasteiger partial charge in [0.1, 0.15) is 0 Å². The zero-order valence-corrected chi connectivity index (χ0v) is 18.7. The Morgan fingerprint density at radius 3 is 2.72 bits per heavy atom.